The topological polar surface area (TPSA) is 167 Å². The lowest BCUT2D eigenvalue weighted by Crippen LogP contribution is -2.53. The molecule has 38 heavy (non-hydrogen) atoms. The largest absolute Gasteiger partial charge is 0.462 e. The maximum atomic E-state index is 14.5. The molecule has 1 aliphatic rings. The number of nitrogen functional groups attached to an aromatic ring is 1. The van der Waals surface area contributed by atoms with Crippen molar-refractivity contribution >= 4 is 30.2 Å². The number of para-hydroxylation sites is 1. The van der Waals surface area contributed by atoms with E-state index in [1.165, 1.54) is 25.1 Å². The van der Waals surface area contributed by atoms with Crippen LogP contribution in [0, 0.1) is 0 Å². The second-order valence-corrected chi connectivity index (χ2v) is 11.9. The number of anilines is 1. The van der Waals surface area contributed by atoms with Gasteiger partial charge in [0.2, 0.25) is 0 Å². The van der Waals surface area contributed by atoms with E-state index in [0.29, 0.717) is 4.57 Å². The standard InChI is InChI=1S/C22H29F2N4O8PS/c1-12(2)34-19(31)13(3)27-37(38,36-14-7-5-4-6-8-14)33-11-22(20(23)24)17(30)16(29)18(35-22)28-10-9-15(25)26-21(28)32/h4-10,12-13,16-18,20,29-30H,11H2,1-3H3,(H,27,38)(H2,25,26,32). The van der Waals surface area contributed by atoms with E-state index in [1.54, 1.807) is 32.0 Å². The van der Waals surface area contributed by atoms with Crippen molar-refractivity contribution in [1.82, 2.24) is 14.6 Å². The van der Waals surface area contributed by atoms with Crippen LogP contribution >= 0.6 is 6.64 Å². The molecule has 0 amide bonds. The molecule has 2 aromatic rings. The number of aliphatic hydroxyl groups is 2. The second-order valence-electron chi connectivity index (χ2n) is 8.75. The molecule has 210 valence electrons. The Morgan fingerprint density at radius 1 is 1.29 bits per heavy atom. The zero-order valence-electron chi connectivity index (χ0n) is 20.6. The van der Waals surface area contributed by atoms with Crippen LogP contribution < -0.4 is 21.0 Å². The van der Waals surface area contributed by atoms with E-state index in [-0.39, 0.29) is 11.6 Å². The van der Waals surface area contributed by atoms with Crippen LogP contribution in [0.2, 0.25) is 0 Å². The summed E-state index contributed by atoms with van der Waals surface area (Å²) in [5, 5.41) is 23.9. The molecular weight excluding hydrogens is 549 g/mol. The summed E-state index contributed by atoms with van der Waals surface area (Å²) in [5.41, 5.74) is 1.63. The van der Waals surface area contributed by atoms with Crippen LogP contribution in [-0.2, 0) is 30.6 Å². The van der Waals surface area contributed by atoms with E-state index < -0.39 is 67.5 Å². The monoisotopic (exact) mass is 578 g/mol. The van der Waals surface area contributed by atoms with Crippen molar-refractivity contribution in [2.24, 2.45) is 0 Å². The smallest absolute Gasteiger partial charge is 0.351 e. The van der Waals surface area contributed by atoms with Crippen LogP contribution in [0.25, 0.3) is 0 Å². The molecule has 3 rings (SSSR count). The Labute approximate surface area is 221 Å². The molecule has 0 saturated carbocycles. The zero-order chi connectivity index (χ0) is 28.3. The Morgan fingerprint density at radius 2 is 1.95 bits per heavy atom. The summed E-state index contributed by atoms with van der Waals surface area (Å²) in [6.45, 7) is -0.173. The van der Waals surface area contributed by atoms with Crippen molar-refractivity contribution in [2.45, 2.75) is 63.4 Å². The summed E-state index contributed by atoms with van der Waals surface area (Å²) in [4.78, 5) is 28.1. The van der Waals surface area contributed by atoms with Gasteiger partial charge < -0.3 is 34.5 Å². The molecule has 0 bridgehead atoms. The summed E-state index contributed by atoms with van der Waals surface area (Å²) in [7, 11) is 0. The van der Waals surface area contributed by atoms with Crippen molar-refractivity contribution in [3.63, 3.8) is 0 Å². The number of nitrogens with zero attached hydrogens (tertiary/aromatic N) is 2. The van der Waals surface area contributed by atoms with Gasteiger partial charge in [-0.25, -0.2) is 18.7 Å². The number of aliphatic hydroxyl groups excluding tert-OH is 2. The van der Waals surface area contributed by atoms with E-state index in [0.717, 1.165) is 6.20 Å². The number of aromatic nitrogens is 2. The number of hydrogen-bond acceptors (Lipinski definition) is 11. The summed E-state index contributed by atoms with van der Waals surface area (Å²) in [5.74, 6) is -0.622. The average molecular weight is 579 g/mol. The molecule has 1 aromatic heterocycles. The fourth-order valence-corrected chi connectivity index (χ4v) is 5.95. The van der Waals surface area contributed by atoms with Gasteiger partial charge in [-0.3, -0.25) is 9.36 Å². The van der Waals surface area contributed by atoms with Crippen molar-refractivity contribution in [3.8, 4) is 5.75 Å². The van der Waals surface area contributed by atoms with Crippen LogP contribution in [0.3, 0.4) is 0 Å². The van der Waals surface area contributed by atoms with E-state index in [2.05, 4.69) is 10.1 Å². The number of esters is 1. The molecule has 1 fully saturated rings. The number of carbonyl (C=O) groups is 1. The Hall–Kier alpha value is -2.52. The number of ether oxygens (including phenoxy) is 2. The minimum Gasteiger partial charge on any atom is -0.462 e. The number of hydrogen-bond donors (Lipinski definition) is 4. The van der Waals surface area contributed by atoms with Gasteiger partial charge in [0, 0.05) is 6.20 Å². The molecule has 0 spiro atoms. The number of benzene rings is 1. The Bertz CT molecular complexity index is 1220. The number of nitrogens with one attached hydrogen (secondary N) is 1. The van der Waals surface area contributed by atoms with Crippen LogP contribution in [-0.4, -0.2) is 68.7 Å². The van der Waals surface area contributed by atoms with Gasteiger partial charge in [-0.05, 0) is 50.8 Å². The summed E-state index contributed by atoms with van der Waals surface area (Å²) < 4.78 is 51.6. The molecule has 1 aromatic carbocycles. The number of halogens is 2. The third-order valence-electron chi connectivity index (χ3n) is 5.44. The fraction of sp³-hybridized carbons (Fsp3) is 0.500. The summed E-state index contributed by atoms with van der Waals surface area (Å²) >= 11 is 5.51. The molecule has 5 N–H and O–H groups in total. The molecule has 12 nitrogen and oxygen atoms in total. The fourth-order valence-electron chi connectivity index (χ4n) is 3.53. The lowest BCUT2D eigenvalue weighted by molar-refractivity contribution is -0.192. The Balaban J connectivity index is 1.90. The van der Waals surface area contributed by atoms with Gasteiger partial charge in [0.05, 0.1) is 12.7 Å². The van der Waals surface area contributed by atoms with Crippen LogP contribution in [0.4, 0.5) is 14.6 Å². The number of nitrogens with two attached hydrogens (primary N) is 1. The van der Waals surface area contributed by atoms with Crippen molar-refractivity contribution in [3.05, 3.63) is 53.1 Å². The SMILES string of the molecule is CC(C)OC(=O)C(C)NP(=S)(OCC1(C(F)F)OC(n2ccc(N)nc2=O)C(O)C1O)Oc1ccccc1. The Kier molecular flexibility index (Phi) is 9.57. The van der Waals surface area contributed by atoms with Gasteiger partial charge in [-0.2, -0.15) is 4.98 Å². The maximum Gasteiger partial charge on any atom is 0.351 e. The first-order valence-electron chi connectivity index (χ1n) is 11.4. The molecule has 0 aliphatic carbocycles. The highest BCUT2D eigenvalue weighted by atomic mass is 32.5. The molecule has 16 heteroatoms. The zero-order valence-corrected chi connectivity index (χ0v) is 22.4. The quantitative estimate of drug-likeness (QED) is 0.223. The van der Waals surface area contributed by atoms with Crippen molar-refractivity contribution in [1.29, 1.82) is 0 Å². The first-order valence-corrected chi connectivity index (χ1v) is 14.1. The van der Waals surface area contributed by atoms with Crippen LogP contribution in [0.1, 0.15) is 27.0 Å². The summed E-state index contributed by atoms with van der Waals surface area (Å²) in [6, 6.07) is 8.17. The predicted molar refractivity (Wildman–Crippen MR) is 135 cm³/mol. The van der Waals surface area contributed by atoms with Gasteiger partial charge in [-0.1, -0.05) is 18.2 Å². The highest BCUT2D eigenvalue weighted by molar-refractivity contribution is 8.09. The normalized spacial score (nSPS) is 25.8. The molecule has 1 saturated heterocycles. The van der Waals surface area contributed by atoms with E-state index >= 15 is 0 Å². The number of rotatable bonds is 11. The predicted octanol–water partition coefficient (Wildman–Crippen LogP) is 1.33. The van der Waals surface area contributed by atoms with E-state index in [9.17, 15) is 28.6 Å². The molecular formula is C22H29F2N4O8PS. The highest BCUT2D eigenvalue weighted by Crippen LogP contribution is 2.49. The first kappa shape index (κ1) is 30.0. The molecule has 6 atom stereocenters. The van der Waals surface area contributed by atoms with Gasteiger partial charge >= 0.3 is 18.3 Å². The molecule has 6 unspecified atom stereocenters. The third kappa shape index (κ3) is 6.72. The molecule has 0 radical (unpaired) electrons. The molecule has 2 heterocycles. The van der Waals surface area contributed by atoms with E-state index in [4.69, 9.17) is 36.1 Å². The Morgan fingerprint density at radius 3 is 2.53 bits per heavy atom. The second kappa shape index (κ2) is 12.1. The number of carbonyl (C=O) groups excluding carboxylic acids is 1. The van der Waals surface area contributed by atoms with Gasteiger partial charge in [0.25, 0.3) is 6.43 Å². The summed E-state index contributed by atoms with van der Waals surface area (Å²) in [6.07, 6.45) is -8.71. The van der Waals surface area contributed by atoms with E-state index in [1.807, 2.05) is 0 Å². The molecule has 1 aliphatic heterocycles. The lowest BCUT2D eigenvalue weighted by atomic mass is 9.96. The highest BCUT2D eigenvalue weighted by Gasteiger charge is 2.61. The van der Waals surface area contributed by atoms with Gasteiger partial charge in [-0.15, -0.1) is 0 Å². The average Bonchev–Trinajstić information content (AvgIpc) is 3.09. The minimum atomic E-state index is -3.80. The number of alkyl halides is 2. The van der Waals surface area contributed by atoms with Crippen LogP contribution in [0.15, 0.2) is 47.4 Å². The lowest BCUT2D eigenvalue weighted by Gasteiger charge is -2.34. The van der Waals surface area contributed by atoms with Crippen LogP contribution in [0.5, 0.6) is 5.75 Å². The maximum absolute atomic E-state index is 14.5. The third-order valence-corrected chi connectivity index (χ3v) is 7.92. The van der Waals surface area contributed by atoms with Crippen molar-refractivity contribution < 1.29 is 42.3 Å². The van der Waals surface area contributed by atoms with Gasteiger partial charge in [0.1, 0.15) is 29.8 Å². The first-order chi connectivity index (χ1) is 17.8. The van der Waals surface area contributed by atoms with Gasteiger partial charge in [0.15, 0.2) is 11.8 Å². The van der Waals surface area contributed by atoms with Crippen molar-refractivity contribution in [2.75, 3.05) is 12.3 Å². The minimum absolute atomic E-state index is 0.141.